The smallest absolute Gasteiger partial charge is 0.264 e. The molecule has 3 aromatic carbocycles. The first-order chi connectivity index (χ1) is 19.5. The van der Waals surface area contributed by atoms with Gasteiger partial charge in [0, 0.05) is 22.1 Å². The van der Waals surface area contributed by atoms with Crippen molar-refractivity contribution in [2.45, 2.75) is 70.0 Å². The third kappa shape index (κ3) is 7.70. The van der Waals surface area contributed by atoms with Crippen molar-refractivity contribution >= 4 is 55.1 Å². The lowest BCUT2D eigenvalue weighted by atomic mass is 10.1. The lowest BCUT2D eigenvalue weighted by Gasteiger charge is -2.32. The third-order valence-electron chi connectivity index (χ3n) is 7.44. The van der Waals surface area contributed by atoms with Gasteiger partial charge in [-0.25, -0.2) is 8.42 Å². The molecular weight excluding hydrogens is 626 g/mol. The minimum absolute atomic E-state index is 0.0539. The number of amides is 2. The van der Waals surface area contributed by atoms with Crippen LogP contribution in [0.1, 0.15) is 49.3 Å². The second-order valence-corrected chi connectivity index (χ2v) is 13.8. The summed E-state index contributed by atoms with van der Waals surface area (Å²) >= 11 is 9.87. The van der Waals surface area contributed by atoms with Gasteiger partial charge in [0.15, 0.2) is 0 Å². The van der Waals surface area contributed by atoms with Gasteiger partial charge in [-0.1, -0.05) is 76.3 Å². The highest BCUT2D eigenvalue weighted by molar-refractivity contribution is 9.10. The molecule has 1 aliphatic carbocycles. The van der Waals surface area contributed by atoms with E-state index in [0.717, 1.165) is 51.2 Å². The second-order valence-electron chi connectivity index (χ2n) is 10.6. The number of nitrogens with one attached hydrogen (secondary N) is 1. The molecule has 0 aromatic heterocycles. The van der Waals surface area contributed by atoms with E-state index >= 15 is 0 Å². The number of sulfonamides is 1. The van der Waals surface area contributed by atoms with E-state index in [-0.39, 0.29) is 29.1 Å². The van der Waals surface area contributed by atoms with E-state index in [4.69, 9.17) is 11.6 Å². The normalized spacial score (nSPS) is 14.5. The molecule has 1 fully saturated rings. The summed E-state index contributed by atoms with van der Waals surface area (Å²) in [6, 6.07) is 18.1. The van der Waals surface area contributed by atoms with Gasteiger partial charge in [0.25, 0.3) is 10.0 Å². The van der Waals surface area contributed by atoms with Crippen LogP contribution in [0.2, 0.25) is 5.02 Å². The molecule has 1 saturated carbocycles. The Morgan fingerprint density at radius 3 is 2.34 bits per heavy atom. The zero-order valence-corrected chi connectivity index (χ0v) is 26.6. The number of aryl methyl sites for hydroxylation is 2. The predicted molar refractivity (Wildman–Crippen MR) is 166 cm³/mol. The van der Waals surface area contributed by atoms with Gasteiger partial charge in [0.2, 0.25) is 11.8 Å². The molecule has 0 unspecified atom stereocenters. The topological polar surface area (TPSA) is 86.8 Å². The quantitative estimate of drug-likeness (QED) is 0.273. The molecule has 0 spiro atoms. The van der Waals surface area contributed by atoms with Crippen molar-refractivity contribution in [2.24, 2.45) is 0 Å². The molecule has 1 N–H and O–H groups in total. The molecule has 0 saturated heterocycles. The summed E-state index contributed by atoms with van der Waals surface area (Å²) in [7, 11) is -4.15. The zero-order valence-electron chi connectivity index (χ0n) is 23.4. The summed E-state index contributed by atoms with van der Waals surface area (Å²) in [5.41, 5.74) is 2.76. The standard InChI is InChI=1S/C31H35BrClN3O4S/c1-21-11-15-28(16-12-21)41(39,40)36(27-14-13-22(2)29(33)18-27)20-30(37)35(19-24-7-6-8-25(32)17-24)23(3)31(38)34-26-9-4-5-10-26/h6-8,11-18,23,26H,4-5,9-10,19-20H2,1-3H3,(H,34,38)/t23-/m0/s1. The zero-order chi connectivity index (χ0) is 29.7. The molecule has 7 nitrogen and oxygen atoms in total. The molecule has 0 aliphatic heterocycles. The summed E-state index contributed by atoms with van der Waals surface area (Å²) in [6.45, 7) is 4.99. The highest BCUT2D eigenvalue weighted by Gasteiger charge is 2.33. The number of halogens is 2. The Morgan fingerprint density at radius 1 is 1.02 bits per heavy atom. The number of carbonyl (C=O) groups excluding carboxylic acids is 2. The van der Waals surface area contributed by atoms with E-state index < -0.39 is 28.5 Å². The van der Waals surface area contributed by atoms with Crippen LogP contribution >= 0.6 is 27.5 Å². The van der Waals surface area contributed by atoms with Gasteiger partial charge in [-0.05, 0) is 81.1 Å². The first-order valence-corrected chi connectivity index (χ1v) is 16.3. The van der Waals surface area contributed by atoms with Crippen molar-refractivity contribution in [1.82, 2.24) is 10.2 Å². The Kier molecular flexibility index (Phi) is 10.2. The van der Waals surface area contributed by atoms with Crippen LogP contribution in [0.5, 0.6) is 0 Å². The van der Waals surface area contributed by atoms with Crippen molar-refractivity contribution in [2.75, 3.05) is 10.8 Å². The summed E-state index contributed by atoms with van der Waals surface area (Å²) in [4.78, 5) is 28.9. The van der Waals surface area contributed by atoms with Crippen LogP contribution in [-0.4, -0.2) is 43.8 Å². The summed E-state index contributed by atoms with van der Waals surface area (Å²) in [5, 5.41) is 3.46. The lowest BCUT2D eigenvalue weighted by molar-refractivity contribution is -0.139. The van der Waals surface area contributed by atoms with Crippen LogP contribution in [0.4, 0.5) is 5.69 Å². The van der Waals surface area contributed by atoms with Crippen molar-refractivity contribution in [1.29, 1.82) is 0 Å². The van der Waals surface area contributed by atoms with E-state index in [1.807, 2.05) is 38.1 Å². The molecule has 218 valence electrons. The van der Waals surface area contributed by atoms with E-state index in [1.54, 1.807) is 37.3 Å². The van der Waals surface area contributed by atoms with Crippen molar-refractivity contribution in [3.05, 3.63) is 92.9 Å². The highest BCUT2D eigenvalue weighted by Crippen LogP contribution is 2.29. The van der Waals surface area contributed by atoms with E-state index in [1.165, 1.54) is 17.0 Å². The molecule has 41 heavy (non-hydrogen) atoms. The molecular formula is C31H35BrClN3O4S. The molecule has 0 radical (unpaired) electrons. The fourth-order valence-corrected chi connectivity index (χ4v) is 6.94. The average Bonchev–Trinajstić information content (AvgIpc) is 3.44. The number of hydrogen-bond donors (Lipinski definition) is 1. The summed E-state index contributed by atoms with van der Waals surface area (Å²) < 4.78 is 29.8. The van der Waals surface area contributed by atoms with E-state index in [2.05, 4.69) is 21.2 Å². The van der Waals surface area contributed by atoms with E-state index in [0.29, 0.717) is 5.02 Å². The van der Waals surface area contributed by atoms with Gasteiger partial charge in [-0.15, -0.1) is 0 Å². The number of anilines is 1. The maximum absolute atomic E-state index is 14.1. The summed E-state index contributed by atoms with van der Waals surface area (Å²) in [5.74, 6) is -0.766. The van der Waals surface area contributed by atoms with Gasteiger partial charge in [-0.3, -0.25) is 13.9 Å². The molecule has 4 rings (SSSR count). The maximum Gasteiger partial charge on any atom is 0.264 e. The SMILES string of the molecule is Cc1ccc(S(=O)(=O)N(CC(=O)N(Cc2cccc(Br)c2)[C@@H](C)C(=O)NC2CCCC2)c2ccc(C)c(Cl)c2)cc1. The van der Waals surface area contributed by atoms with Crippen molar-refractivity contribution < 1.29 is 18.0 Å². The lowest BCUT2D eigenvalue weighted by Crippen LogP contribution is -2.52. The number of rotatable bonds is 10. The first kappa shape index (κ1) is 31.1. The Balaban J connectivity index is 1.70. The highest BCUT2D eigenvalue weighted by atomic mass is 79.9. The molecule has 3 aromatic rings. The molecule has 2 amide bonds. The van der Waals surface area contributed by atoms with Gasteiger partial charge in [-0.2, -0.15) is 0 Å². The van der Waals surface area contributed by atoms with Gasteiger partial charge >= 0.3 is 0 Å². The van der Waals surface area contributed by atoms with Crippen LogP contribution in [0.15, 0.2) is 76.1 Å². The van der Waals surface area contributed by atoms with Gasteiger partial charge in [0.05, 0.1) is 10.6 Å². The molecule has 10 heteroatoms. The largest absolute Gasteiger partial charge is 0.352 e. The molecule has 1 atom stereocenters. The van der Waals surface area contributed by atoms with Crippen LogP contribution < -0.4 is 9.62 Å². The van der Waals surface area contributed by atoms with Crippen molar-refractivity contribution in [3.8, 4) is 0 Å². The van der Waals surface area contributed by atoms with Gasteiger partial charge < -0.3 is 10.2 Å². The Labute approximate surface area is 256 Å². The van der Waals surface area contributed by atoms with Gasteiger partial charge in [0.1, 0.15) is 12.6 Å². The Bertz CT molecular complexity index is 1510. The van der Waals surface area contributed by atoms with Crippen molar-refractivity contribution in [3.63, 3.8) is 0 Å². The Morgan fingerprint density at radius 2 is 1.71 bits per heavy atom. The van der Waals surface area contributed by atoms with E-state index in [9.17, 15) is 18.0 Å². The third-order valence-corrected chi connectivity index (χ3v) is 10.1. The fraction of sp³-hybridized carbons (Fsp3) is 0.355. The number of carbonyl (C=O) groups is 2. The number of benzene rings is 3. The van der Waals surface area contributed by atoms with Crippen LogP contribution in [-0.2, 0) is 26.2 Å². The fourth-order valence-electron chi connectivity index (χ4n) is 4.91. The summed E-state index contributed by atoms with van der Waals surface area (Å²) in [6.07, 6.45) is 3.94. The first-order valence-electron chi connectivity index (χ1n) is 13.7. The number of hydrogen-bond acceptors (Lipinski definition) is 4. The number of nitrogens with zero attached hydrogens (tertiary/aromatic N) is 2. The minimum atomic E-state index is -4.15. The molecule has 0 bridgehead atoms. The molecule has 0 heterocycles. The second kappa shape index (κ2) is 13.4. The van der Waals surface area contributed by atoms with Crippen LogP contribution in [0, 0.1) is 13.8 Å². The predicted octanol–water partition coefficient (Wildman–Crippen LogP) is 6.39. The molecule has 1 aliphatic rings. The van der Waals surface area contributed by atoms with Crippen LogP contribution in [0.25, 0.3) is 0 Å². The monoisotopic (exact) mass is 659 g/mol. The van der Waals surface area contributed by atoms with Crippen LogP contribution in [0.3, 0.4) is 0 Å². The maximum atomic E-state index is 14.1. The Hall–Kier alpha value is -2.88. The average molecular weight is 661 g/mol. The minimum Gasteiger partial charge on any atom is -0.352 e.